The summed E-state index contributed by atoms with van der Waals surface area (Å²) in [6.45, 7) is 5.48. The van der Waals surface area contributed by atoms with Crippen molar-refractivity contribution in [1.29, 1.82) is 0 Å². The number of amides is 4. The van der Waals surface area contributed by atoms with E-state index in [0.29, 0.717) is 5.69 Å². The van der Waals surface area contributed by atoms with Crippen molar-refractivity contribution in [2.24, 2.45) is 0 Å². The molecule has 0 bridgehead atoms. The van der Waals surface area contributed by atoms with Gasteiger partial charge < -0.3 is 15.2 Å². The average Bonchev–Trinajstić information content (AvgIpc) is 3.17. The van der Waals surface area contributed by atoms with Crippen molar-refractivity contribution in [3.8, 4) is 5.69 Å². The van der Waals surface area contributed by atoms with E-state index in [0.717, 1.165) is 37.6 Å². The quantitative estimate of drug-likeness (QED) is 0.388. The van der Waals surface area contributed by atoms with E-state index >= 15 is 0 Å². The summed E-state index contributed by atoms with van der Waals surface area (Å²) in [6.07, 6.45) is 1.65. The second-order valence-electron chi connectivity index (χ2n) is 7.94. The summed E-state index contributed by atoms with van der Waals surface area (Å²) >= 11 is 3.50. The number of nitrogens with zero attached hydrogens (tertiary/aromatic N) is 2. The van der Waals surface area contributed by atoms with Gasteiger partial charge in [-0.15, -0.1) is 0 Å². The second kappa shape index (κ2) is 9.07. The minimum atomic E-state index is -0.619. The third-order valence-corrected chi connectivity index (χ3v) is 5.90. The van der Waals surface area contributed by atoms with Crippen molar-refractivity contribution in [2.75, 3.05) is 11.9 Å². The molecule has 8 heteroatoms. The lowest BCUT2D eigenvalue weighted by Crippen LogP contribution is -2.38. The minimum absolute atomic E-state index is 0.137. The van der Waals surface area contributed by atoms with Gasteiger partial charge in [0.05, 0.1) is 0 Å². The molecule has 0 unspecified atom stereocenters. The van der Waals surface area contributed by atoms with E-state index in [1.807, 2.05) is 69.3 Å². The first-order chi connectivity index (χ1) is 15.7. The van der Waals surface area contributed by atoms with Crippen molar-refractivity contribution in [3.63, 3.8) is 0 Å². The predicted octanol–water partition coefficient (Wildman–Crippen LogP) is 4.70. The molecule has 0 spiro atoms. The molecule has 33 heavy (non-hydrogen) atoms. The van der Waals surface area contributed by atoms with Crippen molar-refractivity contribution in [2.45, 2.75) is 20.8 Å². The van der Waals surface area contributed by atoms with Crippen molar-refractivity contribution in [1.82, 2.24) is 14.8 Å². The normalized spacial score (nSPS) is 14.7. The first kappa shape index (κ1) is 22.5. The Morgan fingerprint density at radius 3 is 2.55 bits per heavy atom. The molecule has 1 aromatic heterocycles. The fourth-order valence-electron chi connectivity index (χ4n) is 3.88. The fourth-order valence-corrected chi connectivity index (χ4v) is 4.27. The van der Waals surface area contributed by atoms with Gasteiger partial charge in [-0.3, -0.25) is 9.59 Å². The molecule has 0 atom stereocenters. The molecule has 0 radical (unpaired) electrons. The highest BCUT2D eigenvalue weighted by Crippen LogP contribution is 2.25. The zero-order valence-electron chi connectivity index (χ0n) is 18.5. The number of benzene rings is 2. The van der Waals surface area contributed by atoms with Gasteiger partial charge >= 0.3 is 6.03 Å². The standard InChI is InChI=1S/C25H23BrN4O3/c1-15-6-4-8-20(10-15)27-23(31)14-29-24(32)22(28-25(29)33)12-18-11-16(2)30(17(18)3)21-9-5-7-19(26)13-21/h4-13H,14H2,1-3H3,(H,27,31)(H,28,33)/b22-12+. The van der Waals surface area contributed by atoms with Gasteiger partial charge in [-0.05, 0) is 74.4 Å². The number of carbonyl (C=O) groups excluding carboxylic acids is 3. The number of nitrogens with one attached hydrogen (secondary N) is 2. The Labute approximate surface area is 200 Å². The highest BCUT2D eigenvalue weighted by molar-refractivity contribution is 9.10. The molecule has 1 aliphatic heterocycles. The van der Waals surface area contributed by atoms with Gasteiger partial charge in [0.25, 0.3) is 5.91 Å². The van der Waals surface area contributed by atoms with Crippen LogP contribution >= 0.6 is 15.9 Å². The van der Waals surface area contributed by atoms with Crippen molar-refractivity contribution < 1.29 is 14.4 Å². The number of anilines is 1. The molecule has 0 aliphatic carbocycles. The predicted molar refractivity (Wildman–Crippen MR) is 131 cm³/mol. The molecular formula is C25H23BrN4O3. The molecule has 2 N–H and O–H groups in total. The SMILES string of the molecule is Cc1cccc(NC(=O)CN2C(=O)N/C(=C/c3cc(C)n(-c4cccc(Br)c4)c3C)C2=O)c1. The third kappa shape index (κ3) is 4.75. The number of halogens is 1. The van der Waals surface area contributed by atoms with Crippen LogP contribution in [0.4, 0.5) is 10.5 Å². The van der Waals surface area contributed by atoms with Crippen LogP contribution in [0.15, 0.2) is 64.8 Å². The lowest BCUT2D eigenvalue weighted by molar-refractivity contribution is -0.127. The first-order valence-electron chi connectivity index (χ1n) is 10.4. The van der Waals surface area contributed by atoms with E-state index in [9.17, 15) is 14.4 Å². The summed E-state index contributed by atoms with van der Waals surface area (Å²) in [5, 5.41) is 5.31. The number of hydrogen-bond donors (Lipinski definition) is 2. The molecule has 2 aromatic carbocycles. The van der Waals surface area contributed by atoms with Crippen LogP contribution in [0.5, 0.6) is 0 Å². The van der Waals surface area contributed by atoms with E-state index in [4.69, 9.17) is 0 Å². The molecule has 4 rings (SSSR count). The number of aryl methyl sites for hydroxylation is 2. The van der Waals surface area contributed by atoms with E-state index < -0.39 is 17.8 Å². The van der Waals surface area contributed by atoms with Crippen LogP contribution in [-0.2, 0) is 9.59 Å². The van der Waals surface area contributed by atoms with Crippen LogP contribution < -0.4 is 10.6 Å². The van der Waals surface area contributed by atoms with Gasteiger partial charge in [0, 0.05) is 27.2 Å². The molecule has 7 nitrogen and oxygen atoms in total. The van der Waals surface area contributed by atoms with Crippen LogP contribution in [-0.4, -0.2) is 33.9 Å². The molecule has 1 saturated heterocycles. The molecule has 3 aromatic rings. The Morgan fingerprint density at radius 2 is 1.82 bits per heavy atom. The van der Waals surface area contributed by atoms with Crippen LogP contribution in [0.2, 0.25) is 0 Å². The number of rotatable bonds is 5. The van der Waals surface area contributed by atoms with Crippen molar-refractivity contribution >= 4 is 45.5 Å². The maximum absolute atomic E-state index is 12.9. The number of imide groups is 1. The minimum Gasteiger partial charge on any atom is -0.325 e. The third-order valence-electron chi connectivity index (χ3n) is 5.40. The van der Waals surface area contributed by atoms with Crippen LogP contribution in [0, 0.1) is 20.8 Å². The Balaban J connectivity index is 1.53. The van der Waals surface area contributed by atoms with Gasteiger partial charge in [-0.25, -0.2) is 9.69 Å². The molecule has 1 fully saturated rings. The second-order valence-corrected chi connectivity index (χ2v) is 8.85. The van der Waals surface area contributed by atoms with Gasteiger partial charge in [-0.2, -0.15) is 0 Å². The first-order valence-corrected chi connectivity index (χ1v) is 11.2. The number of hydrogen-bond acceptors (Lipinski definition) is 3. The summed E-state index contributed by atoms with van der Waals surface area (Å²) in [6, 6.07) is 16.6. The molecule has 0 saturated carbocycles. The van der Waals surface area contributed by atoms with Gasteiger partial charge in [0.2, 0.25) is 5.91 Å². The summed E-state index contributed by atoms with van der Waals surface area (Å²) < 4.78 is 3.04. The lowest BCUT2D eigenvalue weighted by Gasteiger charge is -2.12. The Kier molecular flexibility index (Phi) is 6.20. The molecule has 4 amide bonds. The molecule has 2 heterocycles. The summed E-state index contributed by atoms with van der Waals surface area (Å²) in [7, 11) is 0. The molecule has 168 valence electrons. The number of carbonyl (C=O) groups is 3. The van der Waals surface area contributed by atoms with Crippen LogP contribution in [0.25, 0.3) is 11.8 Å². The Hall–Kier alpha value is -3.65. The van der Waals surface area contributed by atoms with Gasteiger partial charge in [-0.1, -0.05) is 34.1 Å². The molecule has 1 aliphatic rings. The smallest absolute Gasteiger partial charge is 0.325 e. The highest BCUT2D eigenvalue weighted by atomic mass is 79.9. The van der Waals surface area contributed by atoms with Gasteiger partial charge in [0.15, 0.2) is 0 Å². The monoisotopic (exact) mass is 506 g/mol. The van der Waals surface area contributed by atoms with E-state index in [-0.39, 0.29) is 12.2 Å². The molecular weight excluding hydrogens is 484 g/mol. The zero-order valence-corrected chi connectivity index (χ0v) is 20.1. The topological polar surface area (TPSA) is 83.4 Å². The fraction of sp³-hybridized carbons (Fsp3) is 0.160. The maximum atomic E-state index is 12.9. The number of urea groups is 1. The summed E-state index contributed by atoms with van der Waals surface area (Å²) in [5.74, 6) is -0.982. The Bertz CT molecular complexity index is 1310. The highest BCUT2D eigenvalue weighted by Gasteiger charge is 2.35. The van der Waals surface area contributed by atoms with Crippen LogP contribution in [0.1, 0.15) is 22.5 Å². The summed E-state index contributed by atoms with van der Waals surface area (Å²) in [4.78, 5) is 38.6. The van der Waals surface area contributed by atoms with E-state index in [1.54, 1.807) is 12.1 Å². The van der Waals surface area contributed by atoms with Crippen LogP contribution in [0.3, 0.4) is 0 Å². The van der Waals surface area contributed by atoms with Gasteiger partial charge in [0.1, 0.15) is 12.2 Å². The van der Waals surface area contributed by atoms with Crippen molar-refractivity contribution in [3.05, 3.63) is 87.3 Å². The lowest BCUT2D eigenvalue weighted by atomic mass is 10.2. The largest absolute Gasteiger partial charge is 0.329 e. The van der Waals surface area contributed by atoms with E-state index in [2.05, 4.69) is 31.1 Å². The average molecular weight is 507 g/mol. The van der Waals surface area contributed by atoms with E-state index in [1.165, 1.54) is 0 Å². The maximum Gasteiger partial charge on any atom is 0.329 e. The zero-order chi connectivity index (χ0) is 23.7. The Morgan fingerprint density at radius 1 is 1.06 bits per heavy atom. The summed E-state index contributed by atoms with van der Waals surface area (Å²) in [5.41, 5.74) is 5.45. The number of aromatic nitrogens is 1.